The first kappa shape index (κ1) is 36.4. The summed E-state index contributed by atoms with van der Waals surface area (Å²) in [4.78, 5) is 2.84. The number of allylic oxidation sites excluding steroid dienone is 21. The Morgan fingerprint density at radius 1 is 0.586 bits per heavy atom. The Bertz CT molecular complexity index is 2360. The third kappa shape index (κ3) is 6.80. The zero-order chi connectivity index (χ0) is 38.4. The molecule has 0 N–H and O–H groups in total. The van der Waals surface area contributed by atoms with Gasteiger partial charge in [-0.3, -0.25) is 0 Å². The molecule has 0 saturated carbocycles. The van der Waals surface area contributed by atoms with E-state index in [4.69, 9.17) is 4.74 Å². The average molecular weight is 762 g/mol. The number of hydrogen-bond acceptors (Lipinski definition) is 2. The van der Waals surface area contributed by atoms with Gasteiger partial charge in [0.25, 0.3) is 0 Å². The van der Waals surface area contributed by atoms with Crippen molar-refractivity contribution >= 4 is 11.3 Å². The summed E-state index contributed by atoms with van der Waals surface area (Å²) in [6.45, 7) is 0. The van der Waals surface area contributed by atoms with Crippen LogP contribution in [-0.4, -0.2) is 23.1 Å². The van der Waals surface area contributed by atoms with Gasteiger partial charge in [-0.25, -0.2) is 0 Å². The number of fused-ring (bicyclic) bond motifs is 5. The maximum Gasteiger partial charge on any atom is 0.0834 e. The zero-order valence-corrected chi connectivity index (χ0v) is 34.0. The molecule has 1 saturated heterocycles. The van der Waals surface area contributed by atoms with Gasteiger partial charge in [0.05, 0.1) is 18.2 Å². The number of nitrogens with zero attached hydrogens (tertiary/aromatic N) is 1. The van der Waals surface area contributed by atoms with Crippen molar-refractivity contribution in [1.82, 2.24) is 4.90 Å². The number of hydrogen-bond donors (Lipinski definition) is 0. The van der Waals surface area contributed by atoms with E-state index >= 15 is 0 Å². The Balaban J connectivity index is 0.858. The molecule has 10 atom stereocenters. The first-order chi connectivity index (χ1) is 28.7. The van der Waals surface area contributed by atoms with Crippen molar-refractivity contribution in [1.29, 1.82) is 0 Å². The SMILES string of the molecule is C1=CCC(C2=CCC(C3=CCC(N(C4=CCC(C5=CC6C(C=C5)OC5C(C7C=CC=CC7)=CCCC56)CC4)C4=c5ccccc5=C5C=CCCC5C4)C=C3)C=C2)C=C1. The molecule has 58 heavy (non-hydrogen) atoms. The van der Waals surface area contributed by atoms with Crippen LogP contribution in [0.3, 0.4) is 0 Å². The Labute approximate surface area is 346 Å². The molecule has 0 spiro atoms. The van der Waals surface area contributed by atoms with Gasteiger partial charge in [-0.1, -0.05) is 152 Å². The Hall–Kier alpha value is -4.66. The minimum Gasteiger partial charge on any atom is -0.366 e. The Kier molecular flexibility index (Phi) is 9.94. The largest absolute Gasteiger partial charge is 0.366 e. The molecular weight excluding hydrogens is 703 g/mol. The van der Waals surface area contributed by atoms with Crippen molar-refractivity contribution in [3.05, 3.63) is 190 Å². The van der Waals surface area contributed by atoms with Gasteiger partial charge in [-0.05, 0) is 128 Å². The van der Waals surface area contributed by atoms with Gasteiger partial charge in [-0.2, -0.15) is 0 Å². The van der Waals surface area contributed by atoms with E-state index in [1.807, 2.05) is 0 Å². The fourth-order valence-electron chi connectivity index (χ4n) is 12.3. The maximum absolute atomic E-state index is 6.89. The van der Waals surface area contributed by atoms with Crippen LogP contribution in [0.1, 0.15) is 77.0 Å². The predicted octanol–water partition coefficient (Wildman–Crippen LogP) is 11.5. The van der Waals surface area contributed by atoms with Gasteiger partial charge in [0, 0.05) is 40.3 Å². The summed E-state index contributed by atoms with van der Waals surface area (Å²) >= 11 is 0. The van der Waals surface area contributed by atoms with E-state index in [9.17, 15) is 0 Å². The maximum atomic E-state index is 6.89. The van der Waals surface area contributed by atoms with Gasteiger partial charge in [0.2, 0.25) is 0 Å². The normalized spacial score (nSPS) is 35.6. The Morgan fingerprint density at radius 2 is 1.38 bits per heavy atom. The lowest BCUT2D eigenvalue weighted by atomic mass is 9.71. The number of rotatable bonds is 7. The van der Waals surface area contributed by atoms with E-state index in [0.717, 1.165) is 44.9 Å². The smallest absolute Gasteiger partial charge is 0.0834 e. The highest BCUT2D eigenvalue weighted by Crippen LogP contribution is 2.49. The van der Waals surface area contributed by atoms with Crippen molar-refractivity contribution in [3.63, 3.8) is 0 Å². The molecule has 294 valence electrons. The lowest BCUT2D eigenvalue weighted by Crippen LogP contribution is -2.44. The summed E-state index contributed by atoms with van der Waals surface area (Å²) in [6, 6.07) is 9.65. The minimum absolute atomic E-state index is 0.220. The predicted molar refractivity (Wildman–Crippen MR) is 240 cm³/mol. The lowest BCUT2D eigenvalue weighted by Gasteiger charge is -2.42. The molecule has 2 nitrogen and oxygen atoms in total. The van der Waals surface area contributed by atoms with Gasteiger partial charge in [0.15, 0.2) is 0 Å². The third-order valence-corrected chi connectivity index (χ3v) is 15.3. The molecule has 10 aliphatic rings. The van der Waals surface area contributed by atoms with E-state index in [2.05, 4.69) is 157 Å². The molecule has 0 bridgehead atoms. The molecule has 0 radical (unpaired) electrons. The summed E-state index contributed by atoms with van der Waals surface area (Å²) in [6.07, 6.45) is 65.1. The molecule has 0 amide bonds. The molecule has 1 aliphatic heterocycles. The minimum atomic E-state index is 0.220. The number of ether oxygens (including phenoxy) is 1. The van der Waals surface area contributed by atoms with Gasteiger partial charge in [-0.15, -0.1) is 0 Å². The van der Waals surface area contributed by atoms with Crippen molar-refractivity contribution in [3.8, 4) is 0 Å². The summed E-state index contributed by atoms with van der Waals surface area (Å²) in [5, 5.41) is 2.91. The van der Waals surface area contributed by atoms with E-state index in [1.165, 1.54) is 53.7 Å². The number of benzene rings is 1. The van der Waals surface area contributed by atoms with Crippen molar-refractivity contribution < 1.29 is 4.74 Å². The summed E-state index contributed by atoms with van der Waals surface area (Å²) < 4.78 is 6.89. The molecule has 1 fully saturated rings. The van der Waals surface area contributed by atoms with Crippen LogP contribution in [0.5, 0.6) is 0 Å². The standard InChI is InChI=1S/C56H59NO/c1-3-12-38(13-4-1)39-22-24-40(25-23-39)41-26-31-46(32-27-41)57(54-37-45-16-7-8-17-48(45)50-18-9-10-19-51(50)54)47-33-28-42(29-34-47)44-30-35-55-53(36-44)52-21-11-20-49(56(52)58-55)43-14-5-2-6-15-43/h1-6,8-10,12,14,17-20,22-24,26-27,30-31,33,35-36,38,40,42-43,45-46,52-53,55-56H,7,11,13,15-16,21,25,28-29,32,34,37H2. The molecule has 10 unspecified atom stereocenters. The fourth-order valence-corrected chi connectivity index (χ4v) is 12.3. The van der Waals surface area contributed by atoms with Crippen LogP contribution in [0, 0.1) is 41.4 Å². The third-order valence-electron chi connectivity index (χ3n) is 15.3. The highest BCUT2D eigenvalue weighted by molar-refractivity contribution is 5.68. The summed E-state index contributed by atoms with van der Waals surface area (Å²) in [7, 11) is 0. The Morgan fingerprint density at radius 3 is 2.14 bits per heavy atom. The van der Waals surface area contributed by atoms with Gasteiger partial charge >= 0.3 is 0 Å². The van der Waals surface area contributed by atoms with Crippen molar-refractivity contribution in [2.45, 2.75) is 95.3 Å². The fraction of sp³-hybridized carbons (Fsp3) is 0.393. The molecule has 1 heterocycles. The molecule has 0 aromatic heterocycles. The second-order valence-corrected chi connectivity index (χ2v) is 18.5. The van der Waals surface area contributed by atoms with Crippen LogP contribution in [0.15, 0.2) is 180 Å². The molecule has 2 heteroatoms. The molecular formula is C56H59NO. The van der Waals surface area contributed by atoms with Crippen molar-refractivity contribution in [2.24, 2.45) is 41.4 Å². The lowest BCUT2D eigenvalue weighted by molar-refractivity contribution is 0.0693. The molecule has 1 aromatic rings. The molecule has 11 rings (SSSR count). The van der Waals surface area contributed by atoms with E-state index < -0.39 is 0 Å². The van der Waals surface area contributed by atoms with E-state index in [-0.39, 0.29) is 12.2 Å². The zero-order valence-electron chi connectivity index (χ0n) is 34.0. The van der Waals surface area contributed by atoms with E-state index in [1.54, 1.807) is 28.1 Å². The quantitative estimate of drug-likeness (QED) is 0.257. The first-order valence-corrected chi connectivity index (χ1v) is 22.9. The highest BCUT2D eigenvalue weighted by Gasteiger charge is 2.47. The highest BCUT2D eigenvalue weighted by atomic mass is 16.5. The van der Waals surface area contributed by atoms with Gasteiger partial charge < -0.3 is 9.64 Å². The molecule has 1 aromatic carbocycles. The van der Waals surface area contributed by atoms with Crippen LogP contribution in [0.2, 0.25) is 0 Å². The van der Waals surface area contributed by atoms with Crippen LogP contribution >= 0.6 is 0 Å². The van der Waals surface area contributed by atoms with Crippen LogP contribution < -0.4 is 10.4 Å². The second kappa shape index (κ2) is 15.8. The average Bonchev–Trinajstić information content (AvgIpc) is 3.69. The summed E-state index contributed by atoms with van der Waals surface area (Å²) in [5.41, 5.74) is 10.7. The van der Waals surface area contributed by atoms with E-state index in [0.29, 0.717) is 47.5 Å². The monoisotopic (exact) mass is 761 g/mol. The van der Waals surface area contributed by atoms with Crippen LogP contribution in [0.4, 0.5) is 0 Å². The van der Waals surface area contributed by atoms with Crippen LogP contribution in [0.25, 0.3) is 11.3 Å². The van der Waals surface area contributed by atoms with Crippen molar-refractivity contribution in [2.75, 3.05) is 0 Å². The van der Waals surface area contributed by atoms with Crippen LogP contribution in [-0.2, 0) is 4.74 Å². The topological polar surface area (TPSA) is 12.5 Å². The molecule has 9 aliphatic carbocycles. The van der Waals surface area contributed by atoms with Gasteiger partial charge in [0.1, 0.15) is 0 Å². The summed E-state index contributed by atoms with van der Waals surface area (Å²) in [5.74, 6) is 3.76. The first-order valence-electron chi connectivity index (χ1n) is 22.9. The second-order valence-electron chi connectivity index (χ2n) is 18.5.